The second-order valence-corrected chi connectivity index (χ2v) is 10.5. The highest BCUT2D eigenvalue weighted by Gasteiger charge is 2.38. The summed E-state index contributed by atoms with van der Waals surface area (Å²) < 4.78 is 13.0. The summed E-state index contributed by atoms with van der Waals surface area (Å²) >= 11 is 0. The van der Waals surface area contributed by atoms with Crippen LogP contribution in [0.5, 0.6) is 0 Å². The number of carbonyl (C=O) groups excluding carboxylic acids is 1. The van der Waals surface area contributed by atoms with Gasteiger partial charge >= 0.3 is 0 Å². The average Bonchev–Trinajstić information content (AvgIpc) is 2.54. The van der Waals surface area contributed by atoms with Gasteiger partial charge in [0.2, 0.25) is 0 Å². The third kappa shape index (κ3) is 3.34. The molecule has 2 aromatic rings. The molecule has 116 valence electrons. The lowest BCUT2D eigenvalue weighted by Crippen LogP contribution is -2.53. The molecule has 2 nitrogen and oxygen atoms in total. The molecule has 2 rings (SSSR count). The summed E-state index contributed by atoms with van der Waals surface area (Å²) in [7, 11) is -2.33. The Balaban J connectivity index is 2.22. The van der Waals surface area contributed by atoms with Gasteiger partial charge in [-0.15, -0.1) is 0 Å². The molecule has 0 aliphatic rings. The van der Waals surface area contributed by atoms with E-state index in [2.05, 4.69) is 0 Å². The van der Waals surface area contributed by atoms with E-state index < -0.39 is 20.1 Å². The highest BCUT2D eigenvalue weighted by molar-refractivity contribution is 7.13. The van der Waals surface area contributed by atoms with Crippen LogP contribution >= 0.6 is 0 Å². The first-order valence-electron chi connectivity index (χ1n) is 7.37. The van der Waals surface area contributed by atoms with Crippen LogP contribution in [0.1, 0.15) is 18.6 Å². The summed E-state index contributed by atoms with van der Waals surface area (Å²) in [4.78, 5) is 12.9. The number of aliphatic hydroxyl groups is 1. The maximum absolute atomic E-state index is 13.0. The zero-order valence-corrected chi connectivity index (χ0v) is 14.1. The van der Waals surface area contributed by atoms with E-state index in [1.54, 1.807) is 6.92 Å². The standard InChI is InChI=1S/C18H21FO2Si/c1-13(17(20)14-9-11-15(19)12-10-14)18(21)22(2,3)16-7-5-4-6-8-16/h4-13,17,20H,1-3H3/t13-,17-/m1/s1. The molecule has 0 aliphatic carbocycles. The van der Waals surface area contributed by atoms with E-state index in [9.17, 15) is 14.3 Å². The summed E-state index contributed by atoms with van der Waals surface area (Å²) in [6.45, 7) is 5.74. The highest BCUT2D eigenvalue weighted by atomic mass is 28.3. The highest BCUT2D eigenvalue weighted by Crippen LogP contribution is 2.26. The lowest BCUT2D eigenvalue weighted by molar-refractivity contribution is -0.118. The van der Waals surface area contributed by atoms with Crippen molar-refractivity contribution in [1.82, 2.24) is 0 Å². The van der Waals surface area contributed by atoms with E-state index in [1.807, 2.05) is 43.4 Å². The number of aliphatic hydroxyl groups excluding tert-OH is 1. The molecule has 0 saturated heterocycles. The van der Waals surface area contributed by atoms with Crippen molar-refractivity contribution in [1.29, 1.82) is 0 Å². The van der Waals surface area contributed by atoms with Gasteiger partial charge in [0, 0.05) is 5.92 Å². The molecule has 22 heavy (non-hydrogen) atoms. The molecule has 0 heterocycles. The van der Waals surface area contributed by atoms with Gasteiger partial charge in [-0.1, -0.05) is 67.7 Å². The molecule has 0 aromatic heterocycles. The van der Waals surface area contributed by atoms with Crippen molar-refractivity contribution >= 4 is 18.7 Å². The summed E-state index contributed by atoms with van der Waals surface area (Å²) in [6, 6.07) is 15.4. The minimum absolute atomic E-state index is 0.0931. The van der Waals surface area contributed by atoms with Crippen LogP contribution in [0.2, 0.25) is 13.1 Å². The largest absolute Gasteiger partial charge is 0.388 e. The first-order valence-corrected chi connectivity index (χ1v) is 10.4. The van der Waals surface area contributed by atoms with Gasteiger partial charge in [-0.25, -0.2) is 4.39 Å². The number of rotatable bonds is 5. The van der Waals surface area contributed by atoms with E-state index in [4.69, 9.17) is 0 Å². The van der Waals surface area contributed by atoms with Crippen LogP contribution in [0, 0.1) is 11.7 Å². The number of carbonyl (C=O) groups is 1. The Morgan fingerprint density at radius 3 is 2.14 bits per heavy atom. The van der Waals surface area contributed by atoms with Gasteiger partial charge in [-0.2, -0.15) is 0 Å². The SMILES string of the molecule is C[C@@H](C(=O)[Si](C)(C)c1ccccc1)[C@@H](O)c1ccc(F)cc1. The van der Waals surface area contributed by atoms with Crippen molar-refractivity contribution in [2.24, 2.45) is 5.92 Å². The zero-order valence-electron chi connectivity index (χ0n) is 13.1. The van der Waals surface area contributed by atoms with Crippen molar-refractivity contribution in [2.75, 3.05) is 0 Å². The van der Waals surface area contributed by atoms with Gasteiger partial charge in [0.25, 0.3) is 0 Å². The number of halogens is 1. The fourth-order valence-electron chi connectivity index (χ4n) is 2.66. The van der Waals surface area contributed by atoms with E-state index in [1.165, 1.54) is 24.3 Å². The predicted octanol–water partition coefficient (Wildman–Crippen LogP) is 3.22. The van der Waals surface area contributed by atoms with Gasteiger partial charge in [0.1, 0.15) is 11.2 Å². The maximum atomic E-state index is 13.0. The van der Waals surface area contributed by atoms with Crippen LogP contribution in [0.25, 0.3) is 0 Å². The van der Waals surface area contributed by atoms with Crippen molar-refractivity contribution in [3.05, 3.63) is 66.0 Å². The molecular weight excluding hydrogens is 295 g/mol. The summed E-state index contributed by atoms with van der Waals surface area (Å²) in [5.41, 5.74) is 0.570. The molecule has 0 bridgehead atoms. The van der Waals surface area contributed by atoms with Crippen LogP contribution in [0.3, 0.4) is 0 Å². The molecule has 2 atom stereocenters. The fraction of sp³-hybridized carbons (Fsp3) is 0.278. The Morgan fingerprint density at radius 2 is 1.59 bits per heavy atom. The second-order valence-electron chi connectivity index (χ2n) is 6.14. The lowest BCUT2D eigenvalue weighted by Gasteiger charge is -2.28. The van der Waals surface area contributed by atoms with Gasteiger partial charge in [-0.3, -0.25) is 0 Å². The van der Waals surface area contributed by atoms with Crippen LogP contribution in [0.4, 0.5) is 4.39 Å². The average molecular weight is 316 g/mol. The molecule has 0 fully saturated rings. The zero-order chi connectivity index (χ0) is 16.3. The Kier molecular flexibility index (Phi) is 4.93. The van der Waals surface area contributed by atoms with Gasteiger partial charge in [-0.05, 0) is 17.7 Å². The molecule has 0 saturated carbocycles. The number of hydrogen-bond donors (Lipinski definition) is 1. The van der Waals surface area contributed by atoms with Gasteiger partial charge in [0.05, 0.1) is 6.10 Å². The van der Waals surface area contributed by atoms with Gasteiger partial charge < -0.3 is 9.90 Å². The van der Waals surface area contributed by atoms with Crippen molar-refractivity contribution in [2.45, 2.75) is 26.1 Å². The molecule has 0 unspecified atom stereocenters. The van der Waals surface area contributed by atoms with Crippen LogP contribution in [-0.4, -0.2) is 18.6 Å². The monoisotopic (exact) mass is 316 g/mol. The summed E-state index contributed by atoms with van der Waals surface area (Å²) in [6.07, 6.45) is -0.913. The normalized spacial score (nSPS) is 14.4. The third-order valence-electron chi connectivity index (χ3n) is 4.21. The van der Waals surface area contributed by atoms with Crippen molar-refractivity contribution in [3.8, 4) is 0 Å². The molecule has 0 amide bonds. The van der Waals surface area contributed by atoms with Crippen LogP contribution in [0.15, 0.2) is 54.6 Å². The van der Waals surface area contributed by atoms with Crippen LogP contribution in [-0.2, 0) is 4.79 Å². The Bertz CT molecular complexity index is 638. The molecule has 1 N–H and O–H groups in total. The van der Waals surface area contributed by atoms with Crippen molar-refractivity contribution < 1.29 is 14.3 Å². The number of benzene rings is 2. The smallest absolute Gasteiger partial charge is 0.157 e. The second kappa shape index (κ2) is 6.54. The first-order chi connectivity index (χ1) is 10.3. The first kappa shape index (κ1) is 16.6. The Morgan fingerprint density at radius 1 is 1.05 bits per heavy atom. The molecule has 4 heteroatoms. The lowest BCUT2D eigenvalue weighted by atomic mass is 9.98. The predicted molar refractivity (Wildman–Crippen MR) is 89.1 cm³/mol. The number of hydrogen-bond acceptors (Lipinski definition) is 2. The molecule has 0 radical (unpaired) electrons. The van der Waals surface area contributed by atoms with Crippen molar-refractivity contribution in [3.63, 3.8) is 0 Å². The molecule has 0 spiro atoms. The molecule has 2 aromatic carbocycles. The fourth-order valence-corrected chi connectivity index (χ4v) is 5.26. The quantitative estimate of drug-likeness (QED) is 0.860. The van der Waals surface area contributed by atoms with Gasteiger partial charge in [0.15, 0.2) is 8.07 Å². The maximum Gasteiger partial charge on any atom is 0.157 e. The summed E-state index contributed by atoms with van der Waals surface area (Å²) in [5, 5.41) is 11.6. The topological polar surface area (TPSA) is 37.3 Å². The Hall–Kier alpha value is -1.78. The van der Waals surface area contributed by atoms with E-state index in [-0.39, 0.29) is 11.2 Å². The third-order valence-corrected chi connectivity index (χ3v) is 7.67. The molecular formula is C18H21FO2Si. The van der Waals surface area contributed by atoms with E-state index >= 15 is 0 Å². The van der Waals surface area contributed by atoms with E-state index in [0.29, 0.717) is 5.56 Å². The van der Waals surface area contributed by atoms with E-state index in [0.717, 1.165) is 5.19 Å². The Labute approximate surface area is 131 Å². The molecule has 0 aliphatic heterocycles. The van der Waals surface area contributed by atoms with Crippen LogP contribution < -0.4 is 5.19 Å². The minimum atomic E-state index is -2.33. The minimum Gasteiger partial charge on any atom is -0.388 e. The summed E-state index contributed by atoms with van der Waals surface area (Å²) in [5.74, 6) is -0.874.